The van der Waals surface area contributed by atoms with Crippen LogP contribution in [0.15, 0.2) is 24.3 Å². The number of hydrogen-bond acceptors (Lipinski definition) is 2. The van der Waals surface area contributed by atoms with Gasteiger partial charge in [0.2, 0.25) is 0 Å². The normalized spacial score (nSPS) is 10.5. The van der Waals surface area contributed by atoms with Gasteiger partial charge in [0.05, 0.1) is 17.0 Å². The van der Waals surface area contributed by atoms with Gasteiger partial charge in [0.25, 0.3) is 0 Å². The molecule has 0 aliphatic heterocycles. The Kier molecular flexibility index (Phi) is 2.67. The lowest BCUT2D eigenvalue weighted by molar-refractivity contribution is 0.0692. The van der Waals surface area contributed by atoms with Crippen LogP contribution in [0.5, 0.6) is 0 Å². The number of carboxylic acids is 1. The van der Waals surface area contributed by atoms with Crippen LogP contribution in [0.1, 0.15) is 16.1 Å². The van der Waals surface area contributed by atoms with Gasteiger partial charge in [-0.15, -0.1) is 0 Å². The third-order valence-corrected chi connectivity index (χ3v) is 2.49. The summed E-state index contributed by atoms with van der Waals surface area (Å²) < 4.78 is 14.9. The van der Waals surface area contributed by atoms with Crippen molar-refractivity contribution in [2.45, 2.75) is 6.92 Å². The van der Waals surface area contributed by atoms with Gasteiger partial charge in [-0.25, -0.2) is 9.18 Å². The van der Waals surface area contributed by atoms with Crippen LogP contribution < -0.4 is 0 Å². The lowest BCUT2D eigenvalue weighted by Crippen LogP contribution is -2.01. The molecule has 1 aromatic carbocycles. The van der Waals surface area contributed by atoms with Gasteiger partial charge in [0, 0.05) is 12.6 Å². The lowest BCUT2D eigenvalue weighted by atomic mass is 10.1. The van der Waals surface area contributed by atoms with Gasteiger partial charge < -0.3 is 5.11 Å². The number of halogens is 1. The van der Waals surface area contributed by atoms with Crippen LogP contribution in [0.2, 0.25) is 0 Å². The molecule has 0 aliphatic rings. The SMILES string of the molecule is Cc1cc(-c2ccc(F)c(C(=O)O)c2)n(C)n1. The van der Waals surface area contributed by atoms with Crippen molar-refractivity contribution in [2.24, 2.45) is 7.05 Å². The molecule has 0 fully saturated rings. The molecule has 1 heterocycles. The maximum absolute atomic E-state index is 13.2. The highest BCUT2D eigenvalue weighted by atomic mass is 19.1. The minimum absolute atomic E-state index is 0.332. The van der Waals surface area contributed by atoms with Crippen molar-refractivity contribution in [1.82, 2.24) is 9.78 Å². The van der Waals surface area contributed by atoms with E-state index in [0.717, 1.165) is 17.5 Å². The van der Waals surface area contributed by atoms with E-state index < -0.39 is 11.8 Å². The summed E-state index contributed by atoms with van der Waals surface area (Å²) in [6, 6.07) is 5.83. The van der Waals surface area contributed by atoms with E-state index in [1.165, 1.54) is 12.1 Å². The first-order valence-electron chi connectivity index (χ1n) is 5.03. The Morgan fingerprint density at radius 3 is 2.65 bits per heavy atom. The Morgan fingerprint density at radius 2 is 2.12 bits per heavy atom. The highest BCUT2D eigenvalue weighted by Gasteiger charge is 2.13. The standard InChI is InChI=1S/C12H11FN2O2/c1-7-5-11(15(2)14-7)8-3-4-10(13)9(6-8)12(16)17/h3-6H,1-2H3,(H,16,17). The molecule has 1 N–H and O–H groups in total. The first kappa shape index (κ1) is 11.3. The van der Waals surface area contributed by atoms with E-state index in [1.807, 2.05) is 13.0 Å². The molecule has 4 nitrogen and oxygen atoms in total. The molecule has 0 unspecified atom stereocenters. The minimum atomic E-state index is -1.27. The Hall–Kier alpha value is -2.17. The quantitative estimate of drug-likeness (QED) is 0.866. The summed E-state index contributed by atoms with van der Waals surface area (Å²) >= 11 is 0. The van der Waals surface area contributed by atoms with Gasteiger partial charge in [-0.1, -0.05) is 0 Å². The van der Waals surface area contributed by atoms with Crippen molar-refractivity contribution in [3.8, 4) is 11.3 Å². The number of rotatable bonds is 2. The number of hydrogen-bond donors (Lipinski definition) is 1. The molecule has 88 valence electrons. The molecule has 0 spiro atoms. The Bertz CT molecular complexity index is 590. The van der Waals surface area contributed by atoms with Crippen molar-refractivity contribution in [3.63, 3.8) is 0 Å². The van der Waals surface area contributed by atoms with Crippen molar-refractivity contribution < 1.29 is 14.3 Å². The van der Waals surface area contributed by atoms with Crippen molar-refractivity contribution in [2.75, 3.05) is 0 Å². The molecule has 0 saturated carbocycles. The predicted octanol–water partition coefficient (Wildman–Crippen LogP) is 2.23. The van der Waals surface area contributed by atoms with E-state index in [-0.39, 0.29) is 5.56 Å². The molecule has 0 radical (unpaired) electrons. The molecule has 1 aromatic heterocycles. The van der Waals surface area contributed by atoms with Crippen molar-refractivity contribution in [3.05, 3.63) is 41.3 Å². The highest BCUT2D eigenvalue weighted by Crippen LogP contribution is 2.22. The molecule has 17 heavy (non-hydrogen) atoms. The fourth-order valence-electron chi connectivity index (χ4n) is 1.73. The van der Waals surface area contributed by atoms with E-state index >= 15 is 0 Å². The third kappa shape index (κ3) is 2.04. The molecule has 0 aliphatic carbocycles. The number of aromatic nitrogens is 2. The summed E-state index contributed by atoms with van der Waals surface area (Å²) in [6.45, 7) is 1.84. The summed E-state index contributed by atoms with van der Waals surface area (Å²) in [6.07, 6.45) is 0. The van der Waals surface area contributed by atoms with E-state index in [9.17, 15) is 9.18 Å². The second-order valence-corrected chi connectivity index (χ2v) is 3.79. The highest BCUT2D eigenvalue weighted by molar-refractivity contribution is 5.89. The fraction of sp³-hybridized carbons (Fsp3) is 0.167. The monoisotopic (exact) mass is 234 g/mol. The summed E-state index contributed by atoms with van der Waals surface area (Å²) in [5.74, 6) is -2.01. The Labute approximate surface area is 97.3 Å². The zero-order valence-electron chi connectivity index (χ0n) is 9.44. The molecule has 0 saturated heterocycles. The minimum Gasteiger partial charge on any atom is -0.478 e. The fourth-order valence-corrected chi connectivity index (χ4v) is 1.73. The van der Waals surface area contributed by atoms with Crippen LogP contribution in [-0.4, -0.2) is 20.9 Å². The van der Waals surface area contributed by atoms with Crippen LogP contribution in [0.3, 0.4) is 0 Å². The first-order valence-corrected chi connectivity index (χ1v) is 5.03. The number of benzene rings is 1. The van der Waals surface area contributed by atoms with Gasteiger partial charge in [-0.3, -0.25) is 4.68 Å². The average Bonchev–Trinajstić information content (AvgIpc) is 2.58. The Balaban J connectivity index is 2.57. The number of aryl methyl sites for hydroxylation is 2. The molecule has 0 amide bonds. The topological polar surface area (TPSA) is 55.1 Å². The van der Waals surface area contributed by atoms with E-state index in [0.29, 0.717) is 5.56 Å². The molecule has 5 heteroatoms. The van der Waals surface area contributed by atoms with E-state index in [4.69, 9.17) is 5.11 Å². The van der Waals surface area contributed by atoms with Crippen LogP contribution in [0.25, 0.3) is 11.3 Å². The summed E-state index contributed by atoms with van der Waals surface area (Å²) in [7, 11) is 1.76. The summed E-state index contributed by atoms with van der Waals surface area (Å²) in [4.78, 5) is 10.8. The van der Waals surface area contributed by atoms with Gasteiger partial charge in [0.15, 0.2) is 0 Å². The molecule has 0 bridgehead atoms. The van der Waals surface area contributed by atoms with Gasteiger partial charge in [-0.05, 0) is 31.2 Å². The number of nitrogens with zero attached hydrogens (tertiary/aromatic N) is 2. The molecule has 2 aromatic rings. The molecular weight excluding hydrogens is 223 g/mol. The van der Waals surface area contributed by atoms with Crippen LogP contribution >= 0.6 is 0 Å². The average molecular weight is 234 g/mol. The summed E-state index contributed by atoms with van der Waals surface area (Å²) in [5, 5.41) is 13.0. The zero-order chi connectivity index (χ0) is 12.6. The zero-order valence-corrected chi connectivity index (χ0v) is 9.44. The second kappa shape index (κ2) is 4.01. The first-order chi connectivity index (χ1) is 7.99. The van der Waals surface area contributed by atoms with Gasteiger partial charge in [0.1, 0.15) is 5.82 Å². The molecule has 2 rings (SSSR count). The number of carbonyl (C=O) groups is 1. The van der Waals surface area contributed by atoms with Gasteiger partial charge in [-0.2, -0.15) is 5.10 Å². The second-order valence-electron chi connectivity index (χ2n) is 3.79. The van der Waals surface area contributed by atoms with E-state index in [2.05, 4.69) is 5.10 Å². The van der Waals surface area contributed by atoms with E-state index in [1.54, 1.807) is 11.7 Å². The van der Waals surface area contributed by atoms with Crippen LogP contribution in [0, 0.1) is 12.7 Å². The third-order valence-electron chi connectivity index (χ3n) is 2.49. The predicted molar refractivity (Wildman–Crippen MR) is 60.3 cm³/mol. The largest absolute Gasteiger partial charge is 0.478 e. The van der Waals surface area contributed by atoms with Crippen molar-refractivity contribution >= 4 is 5.97 Å². The van der Waals surface area contributed by atoms with Crippen LogP contribution in [0.4, 0.5) is 4.39 Å². The maximum atomic E-state index is 13.2. The molecule has 0 atom stereocenters. The number of aromatic carboxylic acids is 1. The maximum Gasteiger partial charge on any atom is 0.338 e. The van der Waals surface area contributed by atoms with Gasteiger partial charge >= 0.3 is 5.97 Å². The smallest absolute Gasteiger partial charge is 0.338 e. The Morgan fingerprint density at radius 1 is 1.41 bits per heavy atom. The summed E-state index contributed by atoms with van der Waals surface area (Å²) in [5.41, 5.74) is 1.88. The van der Waals surface area contributed by atoms with Crippen molar-refractivity contribution in [1.29, 1.82) is 0 Å². The van der Waals surface area contributed by atoms with Crippen LogP contribution in [-0.2, 0) is 7.05 Å². The molecular formula is C12H11FN2O2. The lowest BCUT2D eigenvalue weighted by Gasteiger charge is -2.04. The number of carboxylic acid groups (broad SMARTS) is 1.